The summed E-state index contributed by atoms with van der Waals surface area (Å²) >= 11 is 0. The van der Waals surface area contributed by atoms with E-state index in [0.29, 0.717) is 23.4 Å². The number of nitrogens with zero attached hydrogens (tertiary/aromatic N) is 2. The fourth-order valence-corrected chi connectivity index (χ4v) is 2.93. The third-order valence-corrected chi connectivity index (χ3v) is 4.05. The van der Waals surface area contributed by atoms with Gasteiger partial charge in [-0.3, -0.25) is 0 Å². The molecular weight excluding hydrogens is 319 g/mol. The van der Waals surface area contributed by atoms with E-state index in [0.717, 1.165) is 17.7 Å². The Balaban J connectivity index is 2.26. The Morgan fingerprint density at radius 1 is 1.20 bits per heavy atom. The maximum atomic E-state index is 13.2. The second-order valence-electron chi connectivity index (χ2n) is 5.98. The van der Waals surface area contributed by atoms with Gasteiger partial charge in [0.15, 0.2) is 0 Å². The van der Waals surface area contributed by atoms with Crippen molar-refractivity contribution in [1.29, 1.82) is 0 Å². The quantitative estimate of drug-likeness (QED) is 0.737. The molecule has 2 aromatic carbocycles. The zero-order valence-electron chi connectivity index (χ0n) is 14.2. The molecule has 25 heavy (non-hydrogen) atoms. The van der Waals surface area contributed by atoms with E-state index < -0.39 is 5.97 Å². The van der Waals surface area contributed by atoms with Gasteiger partial charge in [-0.2, -0.15) is 5.10 Å². The number of hydrogen-bond donors (Lipinski definition) is 1. The first-order valence-electron chi connectivity index (χ1n) is 8.19. The molecule has 0 saturated carbocycles. The molecule has 0 aliphatic heterocycles. The van der Waals surface area contributed by atoms with Gasteiger partial charge in [-0.1, -0.05) is 25.5 Å². The lowest BCUT2D eigenvalue weighted by molar-refractivity contribution is 0.0696. The standard InChI is InChI=1S/C20H19FN2O2/c1-3-5-17-18(20(24)25)19(14-8-10-15(21)11-9-14)22-23(17)16-7-4-6-13(2)12-16/h4,6-12H,3,5H2,1-2H3,(H,24,25). The van der Waals surface area contributed by atoms with Crippen LogP contribution in [-0.2, 0) is 6.42 Å². The van der Waals surface area contributed by atoms with E-state index in [-0.39, 0.29) is 11.4 Å². The SMILES string of the molecule is CCCc1c(C(=O)O)c(-c2ccc(F)cc2)nn1-c1cccc(C)c1. The van der Waals surface area contributed by atoms with Crippen molar-refractivity contribution in [3.8, 4) is 16.9 Å². The number of aromatic nitrogens is 2. The topological polar surface area (TPSA) is 55.1 Å². The second-order valence-corrected chi connectivity index (χ2v) is 5.98. The molecule has 3 aromatic rings. The summed E-state index contributed by atoms with van der Waals surface area (Å²) in [6.07, 6.45) is 1.38. The first kappa shape index (κ1) is 16.9. The first-order chi connectivity index (χ1) is 12.0. The summed E-state index contributed by atoms with van der Waals surface area (Å²) in [5.74, 6) is -1.39. The molecule has 1 N–H and O–H groups in total. The molecule has 128 valence electrons. The molecule has 0 aliphatic carbocycles. The minimum atomic E-state index is -1.03. The maximum Gasteiger partial charge on any atom is 0.339 e. The zero-order chi connectivity index (χ0) is 18.0. The molecule has 1 heterocycles. The van der Waals surface area contributed by atoms with Gasteiger partial charge < -0.3 is 5.11 Å². The fraction of sp³-hybridized carbons (Fsp3) is 0.200. The van der Waals surface area contributed by atoms with Gasteiger partial charge in [0.05, 0.1) is 11.4 Å². The van der Waals surface area contributed by atoms with Gasteiger partial charge in [0.2, 0.25) is 0 Å². The average molecular weight is 338 g/mol. The highest BCUT2D eigenvalue weighted by atomic mass is 19.1. The van der Waals surface area contributed by atoms with E-state index in [4.69, 9.17) is 0 Å². The highest BCUT2D eigenvalue weighted by Gasteiger charge is 2.24. The minimum Gasteiger partial charge on any atom is -0.478 e. The number of aryl methyl sites for hydroxylation is 1. The van der Waals surface area contributed by atoms with Gasteiger partial charge in [0, 0.05) is 5.56 Å². The Labute approximate surface area is 145 Å². The fourth-order valence-electron chi connectivity index (χ4n) is 2.93. The number of aromatic carboxylic acids is 1. The van der Waals surface area contributed by atoms with Gasteiger partial charge >= 0.3 is 5.97 Å². The van der Waals surface area contributed by atoms with Crippen LogP contribution in [0.5, 0.6) is 0 Å². The lowest BCUT2D eigenvalue weighted by atomic mass is 10.0. The van der Waals surface area contributed by atoms with Gasteiger partial charge in [-0.15, -0.1) is 0 Å². The van der Waals surface area contributed by atoms with E-state index in [1.165, 1.54) is 12.1 Å². The van der Waals surface area contributed by atoms with Crippen LogP contribution in [0.15, 0.2) is 48.5 Å². The first-order valence-corrected chi connectivity index (χ1v) is 8.19. The number of carboxylic acid groups (broad SMARTS) is 1. The largest absolute Gasteiger partial charge is 0.478 e. The van der Waals surface area contributed by atoms with E-state index in [1.807, 2.05) is 38.1 Å². The molecule has 4 nitrogen and oxygen atoms in total. The molecule has 0 spiro atoms. The Morgan fingerprint density at radius 3 is 2.52 bits per heavy atom. The van der Waals surface area contributed by atoms with Crippen LogP contribution in [0.25, 0.3) is 16.9 Å². The monoisotopic (exact) mass is 338 g/mol. The molecule has 0 aliphatic rings. The van der Waals surface area contributed by atoms with Crippen LogP contribution >= 0.6 is 0 Å². The Morgan fingerprint density at radius 2 is 1.92 bits per heavy atom. The Bertz CT molecular complexity index is 914. The Hall–Kier alpha value is -2.95. The van der Waals surface area contributed by atoms with Crippen LogP contribution in [0.2, 0.25) is 0 Å². The lowest BCUT2D eigenvalue weighted by Crippen LogP contribution is -2.06. The van der Waals surface area contributed by atoms with E-state index in [2.05, 4.69) is 5.10 Å². The highest BCUT2D eigenvalue weighted by Crippen LogP contribution is 2.29. The van der Waals surface area contributed by atoms with E-state index >= 15 is 0 Å². The van der Waals surface area contributed by atoms with E-state index in [9.17, 15) is 14.3 Å². The summed E-state index contributed by atoms with van der Waals surface area (Å²) < 4.78 is 14.9. The van der Waals surface area contributed by atoms with Gasteiger partial charge in [0.1, 0.15) is 17.1 Å². The summed E-state index contributed by atoms with van der Waals surface area (Å²) in [6.45, 7) is 3.97. The number of hydrogen-bond acceptors (Lipinski definition) is 2. The van der Waals surface area contributed by atoms with Crippen LogP contribution in [0.1, 0.15) is 35.0 Å². The minimum absolute atomic E-state index is 0.176. The summed E-state index contributed by atoms with van der Waals surface area (Å²) in [5, 5.41) is 14.4. The third kappa shape index (κ3) is 3.31. The van der Waals surface area contributed by atoms with Crippen molar-refractivity contribution < 1.29 is 14.3 Å². The second kappa shape index (κ2) is 6.89. The molecule has 1 aromatic heterocycles. The number of halogens is 1. The van der Waals surface area contributed by atoms with Gasteiger partial charge in [0.25, 0.3) is 0 Å². The van der Waals surface area contributed by atoms with Crippen molar-refractivity contribution in [3.63, 3.8) is 0 Å². The average Bonchev–Trinajstić information content (AvgIpc) is 2.95. The van der Waals surface area contributed by atoms with Crippen molar-refractivity contribution >= 4 is 5.97 Å². The molecule has 0 unspecified atom stereocenters. The summed E-state index contributed by atoms with van der Waals surface area (Å²) in [4.78, 5) is 11.9. The normalized spacial score (nSPS) is 10.8. The van der Waals surface area contributed by atoms with Crippen molar-refractivity contribution in [2.45, 2.75) is 26.7 Å². The summed E-state index contributed by atoms with van der Waals surface area (Å²) in [6, 6.07) is 13.5. The third-order valence-electron chi connectivity index (χ3n) is 4.05. The number of benzene rings is 2. The van der Waals surface area contributed by atoms with Crippen molar-refractivity contribution in [3.05, 3.63) is 71.2 Å². The van der Waals surface area contributed by atoms with Crippen LogP contribution in [-0.4, -0.2) is 20.9 Å². The van der Waals surface area contributed by atoms with Crippen LogP contribution in [0.4, 0.5) is 4.39 Å². The molecule has 0 fully saturated rings. The van der Waals surface area contributed by atoms with Gasteiger partial charge in [-0.05, 0) is 55.3 Å². The van der Waals surface area contributed by atoms with Gasteiger partial charge in [-0.25, -0.2) is 13.9 Å². The molecule has 0 saturated heterocycles. The number of rotatable bonds is 5. The molecule has 0 atom stereocenters. The number of carbonyl (C=O) groups is 1. The van der Waals surface area contributed by atoms with Crippen LogP contribution < -0.4 is 0 Å². The van der Waals surface area contributed by atoms with Crippen LogP contribution in [0, 0.1) is 12.7 Å². The van der Waals surface area contributed by atoms with Crippen molar-refractivity contribution in [2.75, 3.05) is 0 Å². The maximum absolute atomic E-state index is 13.2. The Kier molecular flexibility index (Phi) is 4.65. The lowest BCUT2D eigenvalue weighted by Gasteiger charge is -2.08. The summed E-state index contributed by atoms with van der Waals surface area (Å²) in [7, 11) is 0. The zero-order valence-corrected chi connectivity index (χ0v) is 14.2. The molecule has 3 rings (SSSR count). The predicted molar refractivity (Wildman–Crippen MR) is 94.6 cm³/mol. The molecule has 0 amide bonds. The molecule has 0 radical (unpaired) electrons. The highest BCUT2D eigenvalue weighted by molar-refractivity contribution is 5.96. The van der Waals surface area contributed by atoms with Crippen molar-refractivity contribution in [2.24, 2.45) is 0 Å². The van der Waals surface area contributed by atoms with E-state index in [1.54, 1.807) is 16.8 Å². The predicted octanol–water partition coefficient (Wildman–Crippen LogP) is 4.64. The van der Waals surface area contributed by atoms with Crippen molar-refractivity contribution in [1.82, 2.24) is 9.78 Å². The molecule has 0 bridgehead atoms. The number of carboxylic acids is 1. The smallest absolute Gasteiger partial charge is 0.339 e. The van der Waals surface area contributed by atoms with Crippen LogP contribution in [0.3, 0.4) is 0 Å². The molecule has 5 heteroatoms. The molecular formula is C20H19FN2O2. The summed E-state index contributed by atoms with van der Waals surface area (Å²) in [5.41, 5.74) is 3.66.